The highest BCUT2D eigenvalue weighted by Crippen LogP contribution is 2.39. The Balaban J connectivity index is 3.32. The van der Waals surface area contributed by atoms with E-state index >= 15 is 0 Å². The number of anilines is 1. The number of halogens is 4. The molecule has 0 atom stereocenters. The third kappa shape index (κ3) is 2.06. The highest BCUT2D eigenvalue weighted by molar-refractivity contribution is 6.31. The molecular weight excluding hydrogens is 203 g/mol. The number of alkyl halides is 3. The molecule has 1 rings (SSSR count). The van der Waals surface area contributed by atoms with Crippen LogP contribution in [0.4, 0.5) is 18.9 Å². The van der Waals surface area contributed by atoms with Crippen LogP contribution in [-0.4, -0.2) is 7.05 Å². The molecule has 0 saturated carbocycles. The minimum absolute atomic E-state index is 0.0139. The second-order valence-electron chi connectivity index (χ2n) is 2.41. The molecule has 1 aromatic rings. The predicted molar refractivity (Wildman–Crippen MR) is 46.0 cm³/mol. The van der Waals surface area contributed by atoms with E-state index in [0.717, 1.165) is 0 Å². The molecule has 0 aromatic heterocycles. The lowest BCUT2D eigenvalue weighted by molar-refractivity contribution is -0.136. The first-order valence-electron chi connectivity index (χ1n) is 3.50. The molecule has 0 unspecified atom stereocenters. The van der Waals surface area contributed by atoms with Crippen LogP contribution in [0.5, 0.6) is 0 Å². The second-order valence-corrected chi connectivity index (χ2v) is 2.82. The van der Waals surface area contributed by atoms with Crippen LogP contribution in [0, 0.1) is 0 Å². The van der Waals surface area contributed by atoms with Crippen molar-refractivity contribution in [3.8, 4) is 0 Å². The Kier molecular flexibility index (Phi) is 2.71. The van der Waals surface area contributed by atoms with Gasteiger partial charge >= 0.3 is 6.18 Å². The lowest BCUT2D eigenvalue weighted by Gasteiger charge is -2.13. The summed E-state index contributed by atoms with van der Waals surface area (Å²) in [5.41, 5.74) is -0.834. The Hall–Kier alpha value is -0.900. The van der Waals surface area contributed by atoms with Gasteiger partial charge in [0.25, 0.3) is 0 Å². The SMILES string of the molecule is CNc1cccc(Cl)c1C(F)(F)F. The first-order valence-corrected chi connectivity index (χ1v) is 3.88. The van der Waals surface area contributed by atoms with Gasteiger partial charge in [-0.3, -0.25) is 0 Å². The standard InChI is InChI=1S/C8H7ClF3N/c1-13-6-4-2-3-5(9)7(6)8(10,11)12/h2-4,13H,1H3. The summed E-state index contributed by atoms with van der Waals surface area (Å²) >= 11 is 5.43. The van der Waals surface area contributed by atoms with Gasteiger partial charge in [0, 0.05) is 12.7 Å². The van der Waals surface area contributed by atoms with Gasteiger partial charge in [0.1, 0.15) is 0 Å². The zero-order valence-corrected chi connectivity index (χ0v) is 7.50. The Morgan fingerprint density at radius 1 is 1.31 bits per heavy atom. The molecule has 1 aromatic carbocycles. The van der Waals surface area contributed by atoms with Crippen molar-refractivity contribution in [1.82, 2.24) is 0 Å². The van der Waals surface area contributed by atoms with E-state index in [2.05, 4.69) is 5.32 Å². The molecule has 0 aliphatic heterocycles. The lowest BCUT2D eigenvalue weighted by atomic mass is 10.1. The number of benzene rings is 1. The molecule has 0 amide bonds. The van der Waals surface area contributed by atoms with Crippen LogP contribution in [0.15, 0.2) is 18.2 Å². The van der Waals surface area contributed by atoms with Crippen molar-refractivity contribution in [2.45, 2.75) is 6.18 Å². The Bertz CT molecular complexity index is 309. The van der Waals surface area contributed by atoms with Crippen LogP contribution >= 0.6 is 11.6 Å². The zero-order valence-electron chi connectivity index (χ0n) is 6.74. The Labute approximate surface area is 78.5 Å². The van der Waals surface area contributed by atoms with Crippen molar-refractivity contribution in [3.63, 3.8) is 0 Å². The molecule has 5 heteroatoms. The monoisotopic (exact) mass is 209 g/mol. The topological polar surface area (TPSA) is 12.0 Å². The molecule has 0 heterocycles. The van der Waals surface area contributed by atoms with Crippen LogP contribution in [0.3, 0.4) is 0 Å². The van der Waals surface area contributed by atoms with Gasteiger partial charge < -0.3 is 5.32 Å². The summed E-state index contributed by atoms with van der Waals surface area (Å²) in [6.45, 7) is 0. The molecule has 0 aliphatic carbocycles. The van der Waals surface area contributed by atoms with Gasteiger partial charge in [-0.2, -0.15) is 13.2 Å². The van der Waals surface area contributed by atoms with Crippen molar-refractivity contribution in [2.75, 3.05) is 12.4 Å². The highest BCUT2D eigenvalue weighted by Gasteiger charge is 2.35. The molecule has 0 saturated heterocycles. The normalized spacial score (nSPS) is 11.5. The molecule has 13 heavy (non-hydrogen) atoms. The molecule has 0 fully saturated rings. The maximum atomic E-state index is 12.4. The minimum Gasteiger partial charge on any atom is -0.388 e. The van der Waals surface area contributed by atoms with Gasteiger partial charge in [0.15, 0.2) is 0 Å². The second kappa shape index (κ2) is 3.46. The largest absolute Gasteiger partial charge is 0.419 e. The fraction of sp³-hybridized carbons (Fsp3) is 0.250. The van der Waals surface area contributed by atoms with E-state index in [-0.39, 0.29) is 10.7 Å². The highest BCUT2D eigenvalue weighted by atomic mass is 35.5. The molecule has 1 nitrogen and oxygen atoms in total. The summed E-state index contributed by atoms with van der Waals surface area (Å²) in [4.78, 5) is 0. The Morgan fingerprint density at radius 3 is 2.31 bits per heavy atom. The van der Waals surface area contributed by atoms with Gasteiger partial charge in [0.05, 0.1) is 10.6 Å². The average molecular weight is 210 g/mol. The van der Waals surface area contributed by atoms with E-state index in [4.69, 9.17) is 11.6 Å². The van der Waals surface area contributed by atoms with E-state index in [1.807, 2.05) is 0 Å². The summed E-state index contributed by atoms with van der Waals surface area (Å²) in [6.07, 6.45) is -4.42. The van der Waals surface area contributed by atoms with E-state index in [9.17, 15) is 13.2 Å². The van der Waals surface area contributed by atoms with Gasteiger partial charge in [-0.05, 0) is 12.1 Å². The fourth-order valence-electron chi connectivity index (χ4n) is 1.02. The smallest absolute Gasteiger partial charge is 0.388 e. The first-order chi connectivity index (χ1) is 5.96. The molecular formula is C8H7ClF3N. The Morgan fingerprint density at radius 2 is 1.92 bits per heavy atom. The summed E-state index contributed by atoms with van der Waals surface area (Å²) in [5.74, 6) is 0. The summed E-state index contributed by atoms with van der Waals surface area (Å²) < 4.78 is 37.1. The van der Waals surface area contributed by atoms with Crippen LogP contribution in [0.1, 0.15) is 5.56 Å². The van der Waals surface area contributed by atoms with Crippen molar-refractivity contribution in [2.24, 2.45) is 0 Å². The number of nitrogens with one attached hydrogen (secondary N) is 1. The van der Waals surface area contributed by atoms with Gasteiger partial charge in [0.2, 0.25) is 0 Å². The van der Waals surface area contributed by atoms with E-state index in [1.54, 1.807) is 0 Å². The average Bonchev–Trinajstić information content (AvgIpc) is 2.01. The quantitative estimate of drug-likeness (QED) is 0.748. The van der Waals surface area contributed by atoms with Crippen molar-refractivity contribution < 1.29 is 13.2 Å². The third-order valence-corrected chi connectivity index (χ3v) is 1.88. The first kappa shape index (κ1) is 10.2. The van der Waals surface area contributed by atoms with Crippen molar-refractivity contribution >= 4 is 17.3 Å². The van der Waals surface area contributed by atoms with Gasteiger partial charge in [-0.1, -0.05) is 17.7 Å². The molecule has 0 bridgehead atoms. The van der Waals surface area contributed by atoms with Crippen LogP contribution in [0.2, 0.25) is 5.02 Å². The molecule has 1 N–H and O–H groups in total. The summed E-state index contributed by atoms with van der Waals surface area (Å²) in [7, 11) is 1.42. The van der Waals surface area contributed by atoms with Gasteiger partial charge in [-0.15, -0.1) is 0 Å². The van der Waals surface area contributed by atoms with E-state index < -0.39 is 11.7 Å². The molecule has 0 radical (unpaired) electrons. The minimum atomic E-state index is -4.42. The lowest BCUT2D eigenvalue weighted by Crippen LogP contribution is -2.09. The fourth-order valence-corrected chi connectivity index (χ4v) is 1.30. The van der Waals surface area contributed by atoms with Crippen LogP contribution < -0.4 is 5.32 Å². The maximum Gasteiger partial charge on any atom is 0.419 e. The summed E-state index contributed by atoms with van der Waals surface area (Å²) in [5, 5.41) is 2.15. The van der Waals surface area contributed by atoms with Crippen LogP contribution in [-0.2, 0) is 6.18 Å². The van der Waals surface area contributed by atoms with E-state index in [1.165, 1.54) is 25.2 Å². The summed E-state index contributed by atoms with van der Waals surface area (Å²) in [6, 6.07) is 4.00. The third-order valence-electron chi connectivity index (χ3n) is 1.57. The molecule has 72 valence electrons. The predicted octanol–water partition coefficient (Wildman–Crippen LogP) is 3.40. The molecule has 0 spiro atoms. The van der Waals surface area contributed by atoms with Crippen molar-refractivity contribution in [1.29, 1.82) is 0 Å². The number of rotatable bonds is 1. The number of hydrogen-bond acceptors (Lipinski definition) is 1. The zero-order chi connectivity index (χ0) is 10.1. The maximum absolute atomic E-state index is 12.4. The van der Waals surface area contributed by atoms with Crippen molar-refractivity contribution in [3.05, 3.63) is 28.8 Å². The van der Waals surface area contributed by atoms with Gasteiger partial charge in [-0.25, -0.2) is 0 Å². The number of hydrogen-bond donors (Lipinski definition) is 1. The molecule has 0 aliphatic rings. The van der Waals surface area contributed by atoms with E-state index in [0.29, 0.717) is 0 Å². The van der Waals surface area contributed by atoms with Crippen LogP contribution in [0.25, 0.3) is 0 Å².